The van der Waals surface area contributed by atoms with Crippen LogP contribution in [-0.4, -0.2) is 23.3 Å². The quantitative estimate of drug-likeness (QED) is 0.453. The number of para-hydroxylation sites is 2. The predicted molar refractivity (Wildman–Crippen MR) is 82.3 cm³/mol. The number of hydrogen-bond acceptors (Lipinski definition) is 4. The van der Waals surface area contributed by atoms with Gasteiger partial charge in [-0.3, -0.25) is 14.9 Å². The molecule has 0 aliphatic carbocycles. The smallest absolute Gasteiger partial charge is 0.278 e. The predicted octanol–water partition coefficient (Wildman–Crippen LogP) is 3.56. The van der Waals surface area contributed by atoms with E-state index < -0.39 is 4.92 Å². The highest BCUT2D eigenvalue weighted by molar-refractivity contribution is 6.06. The lowest BCUT2D eigenvalue weighted by molar-refractivity contribution is -0.384. The number of carbonyl (C=O) groups excluding carboxylic acids is 1. The zero-order valence-corrected chi connectivity index (χ0v) is 11.7. The Bertz CT molecular complexity index is 883. The summed E-state index contributed by atoms with van der Waals surface area (Å²) in [5.74, 6) is 0.574. The van der Waals surface area contributed by atoms with Crippen molar-refractivity contribution in [2.75, 3.05) is 7.11 Å². The SMILES string of the molecule is COc1cccc2c(C=O)c(-c3ccccc3[N+](=O)[O-])[nH]c12. The molecule has 0 radical (unpaired) electrons. The molecule has 22 heavy (non-hydrogen) atoms. The first-order valence-electron chi connectivity index (χ1n) is 6.55. The van der Waals surface area contributed by atoms with Crippen LogP contribution in [0.4, 0.5) is 5.69 Å². The second kappa shape index (κ2) is 5.33. The summed E-state index contributed by atoms with van der Waals surface area (Å²) in [7, 11) is 1.53. The van der Waals surface area contributed by atoms with Gasteiger partial charge in [0.1, 0.15) is 5.75 Å². The molecule has 1 aromatic heterocycles. The Hall–Kier alpha value is -3.15. The molecule has 0 fully saturated rings. The third-order valence-corrected chi connectivity index (χ3v) is 3.54. The van der Waals surface area contributed by atoms with Crippen molar-refractivity contribution in [3.8, 4) is 17.0 Å². The van der Waals surface area contributed by atoms with E-state index >= 15 is 0 Å². The number of aromatic nitrogens is 1. The highest BCUT2D eigenvalue weighted by atomic mass is 16.6. The molecule has 6 nitrogen and oxygen atoms in total. The first-order valence-corrected chi connectivity index (χ1v) is 6.55. The van der Waals surface area contributed by atoms with Crippen LogP contribution >= 0.6 is 0 Å². The highest BCUT2D eigenvalue weighted by Gasteiger charge is 2.21. The molecule has 3 rings (SSSR count). The summed E-state index contributed by atoms with van der Waals surface area (Å²) in [5.41, 5.74) is 1.74. The Kier molecular flexibility index (Phi) is 3.34. The lowest BCUT2D eigenvalue weighted by atomic mass is 10.0. The topological polar surface area (TPSA) is 85.2 Å². The summed E-state index contributed by atoms with van der Waals surface area (Å²) in [6, 6.07) is 11.6. The molecule has 0 amide bonds. The number of aldehydes is 1. The van der Waals surface area contributed by atoms with Crippen LogP contribution in [0.2, 0.25) is 0 Å². The number of hydrogen-bond donors (Lipinski definition) is 1. The molecule has 0 unspecified atom stereocenters. The van der Waals surface area contributed by atoms with E-state index in [0.29, 0.717) is 39.8 Å². The Balaban J connectivity index is 2.37. The summed E-state index contributed by atoms with van der Waals surface area (Å²) in [4.78, 5) is 25.4. The molecule has 0 bridgehead atoms. The standard InChI is InChI=1S/C16H12N2O4/c1-22-14-8-4-6-10-12(9-19)15(17-16(10)14)11-5-2-3-7-13(11)18(20)21/h2-9,17H,1H3. The maximum absolute atomic E-state index is 11.5. The fourth-order valence-electron chi connectivity index (χ4n) is 2.56. The number of methoxy groups -OCH3 is 1. The summed E-state index contributed by atoms with van der Waals surface area (Å²) in [5, 5.41) is 11.9. The number of ether oxygens (including phenoxy) is 1. The van der Waals surface area contributed by atoms with Gasteiger partial charge in [0.2, 0.25) is 0 Å². The molecule has 1 N–H and O–H groups in total. The first kappa shape index (κ1) is 13.8. The monoisotopic (exact) mass is 296 g/mol. The Morgan fingerprint density at radius 2 is 1.95 bits per heavy atom. The molecular weight excluding hydrogens is 284 g/mol. The van der Waals surface area contributed by atoms with E-state index in [-0.39, 0.29) is 5.69 Å². The average Bonchev–Trinajstić information content (AvgIpc) is 2.93. The number of nitrogens with one attached hydrogen (secondary N) is 1. The largest absolute Gasteiger partial charge is 0.495 e. The van der Waals surface area contributed by atoms with Crippen LogP contribution < -0.4 is 4.74 Å². The maximum atomic E-state index is 11.5. The molecule has 3 aromatic rings. The second-order valence-electron chi connectivity index (χ2n) is 4.69. The van der Waals surface area contributed by atoms with Crippen LogP contribution in [0.25, 0.3) is 22.2 Å². The van der Waals surface area contributed by atoms with Crippen LogP contribution in [0.15, 0.2) is 42.5 Å². The molecule has 0 saturated carbocycles. The zero-order chi connectivity index (χ0) is 15.7. The Morgan fingerprint density at radius 1 is 1.18 bits per heavy atom. The number of nitro benzene ring substituents is 1. The number of nitrogens with zero attached hydrogens (tertiary/aromatic N) is 1. The van der Waals surface area contributed by atoms with Gasteiger partial charge in [0, 0.05) is 17.0 Å². The number of aromatic amines is 1. The number of benzene rings is 2. The van der Waals surface area contributed by atoms with Crippen molar-refractivity contribution < 1.29 is 14.5 Å². The number of H-pyrrole nitrogens is 1. The third-order valence-electron chi connectivity index (χ3n) is 3.54. The molecule has 110 valence electrons. The van der Waals surface area contributed by atoms with Gasteiger partial charge in [-0.05, 0) is 12.1 Å². The lowest BCUT2D eigenvalue weighted by Crippen LogP contribution is -1.93. The van der Waals surface area contributed by atoms with E-state index in [9.17, 15) is 14.9 Å². The van der Waals surface area contributed by atoms with Gasteiger partial charge in [0.25, 0.3) is 5.69 Å². The minimum atomic E-state index is -0.466. The minimum absolute atomic E-state index is 0.0591. The molecule has 0 aliphatic rings. The van der Waals surface area contributed by atoms with Gasteiger partial charge >= 0.3 is 0 Å². The lowest BCUT2D eigenvalue weighted by Gasteiger charge is -2.01. The van der Waals surface area contributed by atoms with Gasteiger partial charge < -0.3 is 9.72 Å². The van der Waals surface area contributed by atoms with E-state index in [4.69, 9.17) is 4.74 Å². The van der Waals surface area contributed by atoms with Crippen molar-refractivity contribution in [3.63, 3.8) is 0 Å². The third kappa shape index (κ3) is 2.01. The van der Waals surface area contributed by atoms with Crippen LogP contribution in [0.3, 0.4) is 0 Å². The van der Waals surface area contributed by atoms with Gasteiger partial charge in [-0.1, -0.05) is 24.3 Å². The number of nitro groups is 1. The average molecular weight is 296 g/mol. The fourth-order valence-corrected chi connectivity index (χ4v) is 2.56. The van der Waals surface area contributed by atoms with Crippen molar-refractivity contribution in [1.29, 1.82) is 0 Å². The number of rotatable bonds is 4. The Morgan fingerprint density at radius 3 is 2.64 bits per heavy atom. The van der Waals surface area contributed by atoms with E-state index in [1.54, 1.807) is 36.4 Å². The van der Waals surface area contributed by atoms with E-state index in [0.717, 1.165) is 0 Å². The molecule has 0 saturated heterocycles. The van der Waals surface area contributed by atoms with Gasteiger partial charge in [-0.25, -0.2) is 0 Å². The van der Waals surface area contributed by atoms with Crippen LogP contribution in [-0.2, 0) is 0 Å². The molecule has 6 heteroatoms. The van der Waals surface area contributed by atoms with Gasteiger partial charge in [-0.2, -0.15) is 0 Å². The number of fused-ring (bicyclic) bond motifs is 1. The van der Waals surface area contributed by atoms with E-state index in [1.165, 1.54) is 13.2 Å². The van der Waals surface area contributed by atoms with E-state index in [1.807, 2.05) is 0 Å². The summed E-state index contributed by atoms with van der Waals surface area (Å²) < 4.78 is 5.27. The van der Waals surface area contributed by atoms with Gasteiger partial charge in [0.05, 0.1) is 28.8 Å². The molecule has 2 aromatic carbocycles. The molecular formula is C16H12N2O4. The van der Waals surface area contributed by atoms with Crippen molar-refractivity contribution in [1.82, 2.24) is 4.98 Å². The summed E-state index contributed by atoms with van der Waals surface area (Å²) in [6.45, 7) is 0. The molecule has 1 heterocycles. The fraction of sp³-hybridized carbons (Fsp3) is 0.0625. The van der Waals surface area contributed by atoms with Crippen molar-refractivity contribution in [3.05, 3.63) is 58.1 Å². The van der Waals surface area contributed by atoms with Crippen molar-refractivity contribution in [2.24, 2.45) is 0 Å². The zero-order valence-electron chi connectivity index (χ0n) is 11.7. The van der Waals surface area contributed by atoms with Crippen molar-refractivity contribution >= 4 is 22.9 Å². The molecule has 0 aliphatic heterocycles. The van der Waals surface area contributed by atoms with Gasteiger partial charge in [0.15, 0.2) is 6.29 Å². The normalized spacial score (nSPS) is 10.6. The number of carbonyl (C=O) groups is 1. The summed E-state index contributed by atoms with van der Waals surface area (Å²) >= 11 is 0. The minimum Gasteiger partial charge on any atom is -0.495 e. The van der Waals surface area contributed by atoms with Crippen LogP contribution in [0.5, 0.6) is 5.75 Å². The van der Waals surface area contributed by atoms with Crippen LogP contribution in [0.1, 0.15) is 10.4 Å². The maximum Gasteiger partial charge on any atom is 0.278 e. The second-order valence-corrected chi connectivity index (χ2v) is 4.69. The Labute approximate surface area is 125 Å². The first-order chi connectivity index (χ1) is 10.7. The van der Waals surface area contributed by atoms with E-state index in [2.05, 4.69) is 4.98 Å². The summed E-state index contributed by atoms with van der Waals surface area (Å²) in [6.07, 6.45) is 0.699. The highest BCUT2D eigenvalue weighted by Crippen LogP contribution is 2.37. The van der Waals surface area contributed by atoms with Crippen molar-refractivity contribution in [2.45, 2.75) is 0 Å². The molecule has 0 atom stereocenters. The molecule has 0 spiro atoms. The van der Waals surface area contributed by atoms with Crippen LogP contribution in [0, 0.1) is 10.1 Å². The van der Waals surface area contributed by atoms with Gasteiger partial charge in [-0.15, -0.1) is 0 Å².